The molecule has 0 saturated heterocycles. The highest BCUT2D eigenvalue weighted by atomic mass is 16.5. The smallest absolute Gasteiger partial charge is 0.119 e. The number of ether oxygens (including phenoxy) is 1. The second-order valence-corrected chi connectivity index (χ2v) is 6.54. The molecule has 1 aliphatic carbocycles. The predicted molar refractivity (Wildman–Crippen MR) is 89.8 cm³/mol. The van der Waals surface area contributed by atoms with Crippen LogP contribution < -0.4 is 10.1 Å². The van der Waals surface area contributed by atoms with Crippen molar-refractivity contribution in [1.82, 2.24) is 5.32 Å². The molecule has 0 amide bonds. The molecule has 1 N–H and O–H groups in total. The van der Waals surface area contributed by atoms with Crippen molar-refractivity contribution in [3.8, 4) is 5.75 Å². The monoisotopic (exact) mass is 289 g/mol. The Bertz CT molecular complexity index is 376. The van der Waals surface area contributed by atoms with E-state index >= 15 is 0 Å². The molecule has 0 bridgehead atoms. The van der Waals surface area contributed by atoms with E-state index < -0.39 is 0 Å². The summed E-state index contributed by atoms with van der Waals surface area (Å²) in [6, 6.07) is 10.9. The van der Waals surface area contributed by atoms with Gasteiger partial charge in [0.1, 0.15) is 5.75 Å². The Morgan fingerprint density at radius 1 is 1.19 bits per heavy atom. The van der Waals surface area contributed by atoms with Gasteiger partial charge in [-0.05, 0) is 69.0 Å². The summed E-state index contributed by atoms with van der Waals surface area (Å²) in [7, 11) is 0. The van der Waals surface area contributed by atoms with Crippen molar-refractivity contribution in [1.29, 1.82) is 0 Å². The quantitative estimate of drug-likeness (QED) is 0.703. The second-order valence-electron chi connectivity index (χ2n) is 6.54. The number of para-hydroxylation sites is 1. The zero-order chi connectivity index (χ0) is 14.9. The normalized spacial score (nSPS) is 25.7. The van der Waals surface area contributed by atoms with E-state index in [1.807, 2.05) is 30.3 Å². The average Bonchev–Trinajstić information content (AvgIpc) is 2.52. The van der Waals surface area contributed by atoms with E-state index in [1.165, 1.54) is 32.1 Å². The van der Waals surface area contributed by atoms with Crippen LogP contribution in [0.25, 0.3) is 0 Å². The molecule has 1 aromatic carbocycles. The van der Waals surface area contributed by atoms with Gasteiger partial charge in [0.15, 0.2) is 0 Å². The molecule has 2 rings (SSSR count). The molecule has 3 unspecified atom stereocenters. The van der Waals surface area contributed by atoms with Crippen molar-refractivity contribution in [3.05, 3.63) is 30.3 Å². The van der Waals surface area contributed by atoms with Crippen molar-refractivity contribution in [2.24, 2.45) is 11.8 Å². The molecule has 1 saturated carbocycles. The van der Waals surface area contributed by atoms with Crippen molar-refractivity contribution in [2.45, 2.75) is 58.4 Å². The summed E-state index contributed by atoms with van der Waals surface area (Å²) >= 11 is 0. The van der Waals surface area contributed by atoms with Crippen molar-refractivity contribution in [3.63, 3.8) is 0 Å². The van der Waals surface area contributed by atoms with Crippen LogP contribution in [-0.2, 0) is 0 Å². The van der Waals surface area contributed by atoms with Crippen LogP contribution in [-0.4, -0.2) is 19.2 Å². The molecule has 0 aromatic heterocycles. The lowest BCUT2D eigenvalue weighted by atomic mass is 9.76. The molecule has 118 valence electrons. The van der Waals surface area contributed by atoms with Crippen LogP contribution in [0.1, 0.15) is 52.4 Å². The van der Waals surface area contributed by atoms with Gasteiger partial charge in [-0.25, -0.2) is 0 Å². The molecular weight excluding hydrogens is 258 g/mol. The molecule has 1 aromatic rings. The van der Waals surface area contributed by atoms with Crippen LogP contribution in [0.15, 0.2) is 30.3 Å². The fraction of sp³-hybridized carbons (Fsp3) is 0.684. The third kappa shape index (κ3) is 5.70. The summed E-state index contributed by atoms with van der Waals surface area (Å²) in [5, 5.41) is 3.76. The first kappa shape index (κ1) is 16.4. The highest BCUT2D eigenvalue weighted by Gasteiger charge is 2.27. The average molecular weight is 289 g/mol. The van der Waals surface area contributed by atoms with Gasteiger partial charge in [-0.15, -0.1) is 0 Å². The maximum absolute atomic E-state index is 5.82. The van der Waals surface area contributed by atoms with Gasteiger partial charge < -0.3 is 10.1 Å². The first-order valence-corrected chi connectivity index (χ1v) is 8.70. The third-order valence-electron chi connectivity index (χ3n) is 4.63. The van der Waals surface area contributed by atoms with E-state index in [9.17, 15) is 0 Å². The number of nitrogens with one attached hydrogen (secondary N) is 1. The Kier molecular flexibility index (Phi) is 7.08. The molecule has 21 heavy (non-hydrogen) atoms. The number of rotatable bonds is 8. The third-order valence-corrected chi connectivity index (χ3v) is 4.63. The Hall–Kier alpha value is -1.02. The zero-order valence-electron chi connectivity index (χ0n) is 13.7. The topological polar surface area (TPSA) is 21.3 Å². The maximum atomic E-state index is 5.82. The molecule has 2 heteroatoms. The molecule has 0 aliphatic heterocycles. The molecule has 2 nitrogen and oxygen atoms in total. The van der Waals surface area contributed by atoms with E-state index in [2.05, 4.69) is 19.2 Å². The van der Waals surface area contributed by atoms with Crippen molar-refractivity contribution in [2.75, 3.05) is 13.2 Å². The van der Waals surface area contributed by atoms with E-state index in [-0.39, 0.29) is 0 Å². The molecule has 0 heterocycles. The van der Waals surface area contributed by atoms with E-state index in [4.69, 9.17) is 4.74 Å². The summed E-state index contributed by atoms with van der Waals surface area (Å²) in [5.74, 6) is 2.72. The molecule has 0 radical (unpaired) electrons. The van der Waals surface area contributed by atoms with E-state index in [0.717, 1.165) is 43.2 Å². The SMILES string of the molecule is CCCNC1CCC(C)CC1CCCOc1ccccc1. The van der Waals surface area contributed by atoms with Gasteiger partial charge >= 0.3 is 0 Å². The van der Waals surface area contributed by atoms with Crippen LogP contribution in [0.2, 0.25) is 0 Å². The standard InChI is InChI=1S/C19H31NO/c1-3-13-20-19-12-11-16(2)15-17(19)8-7-14-21-18-9-5-4-6-10-18/h4-6,9-10,16-17,19-20H,3,7-8,11-15H2,1-2H3. The predicted octanol–water partition coefficient (Wildman–Crippen LogP) is 4.65. The lowest BCUT2D eigenvalue weighted by Crippen LogP contribution is -2.40. The van der Waals surface area contributed by atoms with Crippen LogP contribution in [0, 0.1) is 11.8 Å². The molecule has 3 atom stereocenters. The Labute approximate surface area is 130 Å². The summed E-state index contributed by atoms with van der Waals surface area (Å²) in [5.41, 5.74) is 0. The Morgan fingerprint density at radius 2 is 2.00 bits per heavy atom. The van der Waals surface area contributed by atoms with Gasteiger partial charge in [0, 0.05) is 6.04 Å². The number of hydrogen-bond donors (Lipinski definition) is 1. The van der Waals surface area contributed by atoms with Gasteiger partial charge in [-0.3, -0.25) is 0 Å². The lowest BCUT2D eigenvalue weighted by Gasteiger charge is -2.35. The van der Waals surface area contributed by atoms with Gasteiger partial charge in [0.2, 0.25) is 0 Å². The second kappa shape index (κ2) is 9.09. The van der Waals surface area contributed by atoms with Gasteiger partial charge in [0.25, 0.3) is 0 Å². The highest BCUT2D eigenvalue weighted by molar-refractivity contribution is 5.20. The fourth-order valence-electron chi connectivity index (χ4n) is 3.47. The molecular formula is C19H31NO. The number of benzene rings is 1. The van der Waals surface area contributed by atoms with E-state index in [1.54, 1.807) is 0 Å². The maximum Gasteiger partial charge on any atom is 0.119 e. The minimum Gasteiger partial charge on any atom is -0.494 e. The van der Waals surface area contributed by atoms with Crippen LogP contribution >= 0.6 is 0 Å². The largest absolute Gasteiger partial charge is 0.494 e. The molecule has 1 aliphatic rings. The van der Waals surface area contributed by atoms with Gasteiger partial charge in [-0.1, -0.05) is 32.0 Å². The minimum atomic E-state index is 0.734. The number of hydrogen-bond acceptors (Lipinski definition) is 2. The summed E-state index contributed by atoms with van der Waals surface area (Å²) < 4.78 is 5.82. The highest BCUT2D eigenvalue weighted by Crippen LogP contribution is 2.32. The molecule has 1 fully saturated rings. The lowest BCUT2D eigenvalue weighted by molar-refractivity contribution is 0.189. The van der Waals surface area contributed by atoms with E-state index in [0.29, 0.717) is 0 Å². The Balaban J connectivity index is 1.71. The van der Waals surface area contributed by atoms with Crippen LogP contribution in [0.4, 0.5) is 0 Å². The van der Waals surface area contributed by atoms with Gasteiger partial charge in [-0.2, -0.15) is 0 Å². The summed E-state index contributed by atoms with van der Waals surface area (Å²) in [4.78, 5) is 0. The Morgan fingerprint density at radius 3 is 2.76 bits per heavy atom. The summed E-state index contributed by atoms with van der Waals surface area (Å²) in [6.07, 6.45) is 7.81. The van der Waals surface area contributed by atoms with Crippen LogP contribution in [0.3, 0.4) is 0 Å². The minimum absolute atomic E-state index is 0.734. The zero-order valence-corrected chi connectivity index (χ0v) is 13.7. The first-order chi connectivity index (χ1) is 10.3. The van der Waals surface area contributed by atoms with Crippen LogP contribution in [0.5, 0.6) is 5.75 Å². The van der Waals surface area contributed by atoms with Crippen molar-refractivity contribution < 1.29 is 4.74 Å². The van der Waals surface area contributed by atoms with Crippen molar-refractivity contribution >= 4 is 0 Å². The van der Waals surface area contributed by atoms with Gasteiger partial charge in [0.05, 0.1) is 6.61 Å². The first-order valence-electron chi connectivity index (χ1n) is 8.70. The molecule has 0 spiro atoms. The fourth-order valence-corrected chi connectivity index (χ4v) is 3.47. The summed E-state index contributed by atoms with van der Waals surface area (Å²) in [6.45, 7) is 6.66.